The number of furan rings is 1. The fraction of sp³-hybridized carbons (Fsp3) is 0. The summed E-state index contributed by atoms with van der Waals surface area (Å²) in [6, 6.07) is 8.70. The lowest BCUT2D eigenvalue weighted by atomic mass is 10.0. The highest BCUT2D eigenvalue weighted by Crippen LogP contribution is 2.24. The average Bonchev–Trinajstić information content (AvgIpc) is 2.95. The van der Waals surface area contributed by atoms with Crippen LogP contribution in [0.2, 0.25) is 5.02 Å². The summed E-state index contributed by atoms with van der Waals surface area (Å²) in [4.78, 5) is 24.2. The molecule has 1 aromatic heterocycles. The zero-order chi connectivity index (χ0) is 16.1. The molecule has 0 spiro atoms. The predicted molar refractivity (Wildman–Crippen MR) is 78.8 cm³/mol. The molecule has 0 N–H and O–H groups in total. The number of nitrogens with zero attached hydrogens (tertiary/aromatic N) is 4. The maximum Gasteiger partial charge on any atom is 0.433 e. The Hall–Kier alpha value is -3.09. The zero-order valence-electron chi connectivity index (χ0n) is 10.8. The number of halogens is 1. The maximum absolute atomic E-state index is 11.9. The van der Waals surface area contributed by atoms with E-state index >= 15 is 0 Å². The fourth-order valence-corrected chi connectivity index (χ4v) is 1.78. The van der Waals surface area contributed by atoms with Gasteiger partial charge in [0.1, 0.15) is 10.7 Å². The minimum Gasteiger partial charge on any atom is -0.401 e. The lowest BCUT2D eigenvalue weighted by molar-refractivity contribution is -0.402. The molecule has 22 heavy (non-hydrogen) atoms. The summed E-state index contributed by atoms with van der Waals surface area (Å²) in [5.41, 5.74) is 8.85. The molecule has 0 atom stereocenters. The summed E-state index contributed by atoms with van der Waals surface area (Å²) >= 11 is 5.78. The van der Waals surface area contributed by atoms with Crippen LogP contribution in [-0.4, -0.2) is 10.8 Å². The third-order valence-corrected chi connectivity index (χ3v) is 2.85. The Morgan fingerprint density at radius 2 is 2.00 bits per heavy atom. The molecule has 0 saturated carbocycles. The normalized spacial score (nSPS) is 10.9. The first kappa shape index (κ1) is 15.3. The van der Waals surface area contributed by atoms with Gasteiger partial charge in [0.2, 0.25) is 5.91 Å². The Labute approximate surface area is 128 Å². The molecule has 0 aliphatic carbocycles. The van der Waals surface area contributed by atoms with Gasteiger partial charge >= 0.3 is 5.88 Å². The Morgan fingerprint density at radius 1 is 1.32 bits per heavy atom. The van der Waals surface area contributed by atoms with Crippen molar-refractivity contribution < 1.29 is 14.1 Å². The van der Waals surface area contributed by atoms with Crippen molar-refractivity contribution in [2.24, 2.45) is 5.11 Å². The van der Waals surface area contributed by atoms with Gasteiger partial charge in [0, 0.05) is 15.5 Å². The summed E-state index contributed by atoms with van der Waals surface area (Å²) < 4.78 is 4.96. The molecule has 1 heterocycles. The van der Waals surface area contributed by atoms with E-state index in [9.17, 15) is 14.9 Å². The monoisotopic (exact) mass is 318 g/mol. The first-order valence-corrected chi connectivity index (χ1v) is 6.20. The van der Waals surface area contributed by atoms with Gasteiger partial charge in [0.25, 0.3) is 0 Å². The molecule has 0 aliphatic heterocycles. The first-order chi connectivity index (χ1) is 10.5. The van der Waals surface area contributed by atoms with Crippen molar-refractivity contribution >= 4 is 35.0 Å². The van der Waals surface area contributed by atoms with Gasteiger partial charge in [-0.25, -0.2) is 0 Å². The second-order valence-electron chi connectivity index (χ2n) is 3.99. The van der Waals surface area contributed by atoms with E-state index in [0.29, 0.717) is 10.6 Å². The van der Waals surface area contributed by atoms with Gasteiger partial charge in [0.15, 0.2) is 0 Å². The van der Waals surface area contributed by atoms with E-state index in [1.807, 2.05) is 0 Å². The van der Waals surface area contributed by atoms with Gasteiger partial charge in [-0.05, 0) is 40.5 Å². The predicted octanol–water partition coefficient (Wildman–Crippen LogP) is 4.22. The molecule has 8 nitrogen and oxygen atoms in total. The third kappa shape index (κ3) is 3.51. The number of hydrogen-bond acceptors (Lipinski definition) is 4. The smallest absolute Gasteiger partial charge is 0.401 e. The number of carbonyl (C=O) groups excluding carboxylic acids is 1. The molecule has 110 valence electrons. The molecule has 0 saturated heterocycles. The van der Waals surface area contributed by atoms with Gasteiger partial charge in [-0.1, -0.05) is 23.7 Å². The molecule has 0 unspecified atom stereocenters. The molecule has 1 amide bonds. The topological polar surface area (TPSA) is 122 Å². The van der Waals surface area contributed by atoms with Crippen LogP contribution >= 0.6 is 11.6 Å². The van der Waals surface area contributed by atoms with Crippen LogP contribution < -0.4 is 0 Å². The number of nitro groups is 1. The van der Waals surface area contributed by atoms with Crippen molar-refractivity contribution in [3.8, 4) is 0 Å². The van der Waals surface area contributed by atoms with Gasteiger partial charge in [0.05, 0.1) is 6.07 Å². The highest BCUT2D eigenvalue weighted by molar-refractivity contribution is 6.31. The molecule has 2 aromatic rings. The number of azide groups is 1. The lowest BCUT2D eigenvalue weighted by Gasteiger charge is -2.03. The summed E-state index contributed by atoms with van der Waals surface area (Å²) in [5, 5.41) is 14.1. The van der Waals surface area contributed by atoms with Crippen LogP contribution in [0.4, 0.5) is 5.88 Å². The minimum atomic E-state index is -0.844. The number of hydrogen-bond donors (Lipinski definition) is 0. The minimum absolute atomic E-state index is 0.0266. The quantitative estimate of drug-likeness (QED) is 0.209. The van der Waals surface area contributed by atoms with Crippen molar-refractivity contribution in [3.63, 3.8) is 0 Å². The van der Waals surface area contributed by atoms with Crippen LogP contribution in [0, 0.1) is 10.1 Å². The number of amides is 1. The number of rotatable bonds is 4. The highest BCUT2D eigenvalue weighted by Gasteiger charge is 2.15. The zero-order valence-corrected chi connectivity index (χ0v) is 11.6. The van der Waals surface area contributed by atoms with Crippen LogP contribution in [0.25, 0.3) is 22.1 Å². The molecule has 9 heteroatoms. The SMILES string of the molecule is [N-]=[N+]=NC(=O)/C(=C/c1ccc([N+](=O)[O-])o1)c1ccc(Cl)cc1. The van der Waals surface area contributed by atoms with E-state index in [4.69, 9.17) is 21.5 Å². The van der Waals surface area contributed by atoms with E-state index in [1.54, 1.807) is 24.3 Å². The maximum atomic E-state index is 11.9. The van der Waals surface area contributed by atoms with Crippen LogP contribution in [0.1, 0.15) is 11.3 Å². The van der Waals surface area contributed by atoms with Gasteiger partial charge in [-0.2, -0.15) is 0 Å². The molecule has 0 fully saturated rings. The molecule has 0 bridgehead atoms. The van der Waals surface area contributed by atoms with E-state index in [1.165, 1.54) is 12.1 Å². The molecule has 2 rings (SSSR count). The van der Waals surface area contributed by atoms with E-state index in [2.05, 4.69) is 10.0 Å². The lowest BCUT2D eigenvalue weighted by Crippen LogP contribution is -1.97. The summed E-state index contributed by atoms with van der Waals surface area (Å²) in [6.07, 6.45) is 1.26. The highest BCUT2D eigenvalue weighted by atomic mass is 35.5. The van der Waals surface area contributed by atoms with Crippen LogP contribution in [0.3, 0.4) is 0 Å². The standard InChI is InChI=1S/C13H7ClN4O4/c14-9-3-1-8(2-4-9)11(13(19)16-17-15)7-10-5-6-12(22-10)18(20)21/h1-7H/b11-7+. The molecule has 0 radical (unpaired) electrons. The van der Waals surface area contributed by atoms with Crippen LogP contribution in [0.5, 0.6) is 0 Å². The second-order valence-corrected chi connectivity index (χ2v) is 4.43. The Bertz CT molecular complexity index is 804. The largest absolute Gasteiger partial charge is 0.433 e. The Morgan fingerprint density at radius 3 is 2.55 bits per heavy atom. The van der Waals surface area contributed by atoms with Crippen molar-refractivity contribution in [1.82, 2.24) is 0 Å². The van der Waals surface area contributed by atoms with Crippen LogP contribution in [0.15, 0.2) is 45.9 Å². The number of carbonyl (C=O) groups is 1. The van der Waals surface area contributed by atoms with Crippen molar-refractivity contribution in [2.75, 3.05) is 0 Å². The molecule has 1 aromatic carbocycles. The molecular formula is C13H7ClN4O4. The third-order valence-electron chi connectivity index (χ3n) is 2.60. The van der Waals surface area contributed by atoms with Gasteiger partial charge in [-0.15, -0.1) is 0 Å². The molecular weight excluding hydrogens is 312 g/mol. The van der Waals surface area contributed by atoms with Crippen LogP contribution in [-0.2, 0) is 4.79 Å². The Balaban J connectivity index is 2.49. The summed E-state index contributed by atoms with van der Waals surface area (Å²) in [7, 11) is 0. The van der Waals surface area contributed by atoms with E-state index in [-0.39, 0.29) is 11.3 Å². The Kier molecular flexibility index (Phi) is 4.57. The van der Waals surface area contributed by atoms with Gasteiger partial charge in [-0.3, -0.25) is 14.9 Å². The average molecular weight is 319 g/mol. The number of benzene rings is 1. The first-order valence-electron chi connectivity index (χ1n) is 5.82. The second kappa shape index (κ2) is 6.57. The molecule has 0 aliphatic rings. The van der Waals surface area contributed by atoms with Crippen molar-refractivity contribution in [2.45, 2.75) is 0 Å². The van der Waals surface area contributed by atoms with Crippen molar-refractivity contribution in [3.05, 3.63) is 73.3 Å². The van der Waals surface area contributed by atoms with Crippen molar-refractivity contribution in [1.29, 1.82) is 0 Å². The van der Waals surface area contributed by atoms with Gasteiger partial charge < -0.3 is 4.42 Å². The van der Waals surface area contributed by atoms with E-state index < -0.39 is 16.7 Å². The fourth-order valence-electron chi connectivity index (χ4n) is 1.65. The van der Waals surface area contributed by atoms with E-state index in [0.717, 1.165) is 6.07 Å². The summed E-state index contributed by atoms with van der Waals surface area (Å²) in [6.45, 7) is 0. The summed E-state index contributed by atoms with van der Waals surface area (Å²) in [5.74, 6) is -1.22.